The van der Waals surface area contributed by atoms with E-state index in [4.69, 9.17) is 4.74 Å². The Hall–Kier alpha value is -0.390. The first kappa shape index (κ1) is 13.1. The van der Waals surface area contributed by atoms with Crippen molar-refractivity contribution < 1.29 is 8.95 Å². The molecule has 1 fully saturated rings. The Kier molecular flexibility index (Phi) is 3.36. The van der Waals surface area contributed by atoms with Crippen molar-refractivity contribution in [1.29, 1.82) is 0 Å². The number of hydrogen-bond acceptors (Lipinski definition) is 3. The maximum absolute atomic E-state index is 12.1. The van der Waals surface area contributed by atoms with Crippen molar-refractivity contribution in [3.8, 4) is 0 Å². The van der Waals surface area contributed by atoms with Crippen LogP contribution < -0.4 is 10.0 Å². The summed E-state index contributed by atoms with van der Waals surface area (Å²) in [4.78, 5) is 0. The largest absolute Gasteiger partial charge is 0.479 e. The number of hydrogen-bond donors (Lipinski definition) is 2. The molecule has 2 rings (SSSR count). The summed E-state index contributed by atoms with van der Waals surface area (Å²) in [6, 6.07) is 0.389. The van der Waals surface area contributed by atoms with Crippen molar-refractivity contribution >= 4 is 11.0 Å². The van der Waals surface area contributed by atoms with E-state index in [1.165, 1.54) is 0 Å². The van der Waals surface area contributed by atoms with E-state index in [-0.39, 0.29) is 22.6 Å². The van der Waals surface area contributed by atoms with Crippen LogP contribution in [0.3, 0.4) is 0 Å². The highest BCUT2D eigenvalue weighted by Crippen LogP contribution is 2.34. The van der Waals surface area contributed by atoms with Gasteiger partial charge in [-0.25, -0.2) is 8.93 Å². The number of allylic oxidation sites excluding steroid dienone is 1. The molecule has 0 aromatic heterocycles. The van der Waals surface area contributed by atoms with Gasteiger partial charge in [-0.3, -0.25) is 5.32 Å². The molecule has 2 heterocycles. The lowest BCUT2D eigenvalue weighted by molar-refractivity contribution is -0.126. The van der Waals surface area contributed by atoms with Gasteiger partial charge in [-0.2, -0.15) is 0 Å². The summed E-state index contributed by atoms with van der Waals surface area (Å²) in [5.74, 6) is 0. The smallest absolute Gasteiger partial charge is 0.178 e. The summed E-state index contributed by atoms with van der Waals surface area (Å²) < 4.78 is 20.8. The van der Waals surface area contributed by atoms with Crippen molar-refractivity contribution in [1.82, 2.24) is 10.0 Å². The van der Waals surface area contributed by atoms with Gasteiger partial charge in [-0.05, 0) is 40.2 Å². The molecule has 4 nitrogen and oxygen atoms in total. The minimum absolute atomic E-state index is 0.104. The first-order chi connectivity index (χ1) is 7.85. The van der Waals surface area contributed by atoms with Gasteiger partial charge in [0.05, 0.1) is 28.0 Å². The fourth-order valence-electron chi connectivity index (χ4n) is 2.28. The zero-order chi connectivity index (χ0) is 12.7. The summed E-state index contributed by atoms with van der Waals surface area (Å²) in [7, 11) is -1.06. The van der Waals surface area contributed by atoms with E-state index in [1.54, 1.807) is 6.26 Å². The fraction of sp³-hybridized carbons (Fsp3) is 0.833. The van der Waals surface area contributed by atoms with E-state index in [9.17, 15) is 4.21 Å². The Balaban J connectivity index is 2.04. The monoisotopic (exact) mass is 258 g/mol. The first-order valence-electron chi connectivity index (χ1n) is 6.14. The van der Waals surface area contributed by atoms with Crippen molar-refractivity contribution in [3.05, 3.63) is 12.3 Å². The Bertz CT molecular complexity index is 351. The fourth-order valence-corrected chi connectivity index (χ4v) is 3.26. The molecule has 98 valence electrons. The van der Waals surface area contributed by atoms with Crippen LogP contribution >= 0.6 is 0 Å². The minimum Gasteiger partial charge on any atom is -0.479 e. The second-order valence-corrected chi connectivity index (χ2v) is 7.83. The molecule has 0 amide bonds. The summed E-state index contributed by atoms with van der Waals surface area (Å²) in [6.07, 6.45) is 5.69. The quantitative estimate of drug-likeness (QED) is 0.787. The van der Waals surface area contributed by atoms with Crippen molar-refractivity contribution in [2.24, 2.45) is 0 Å². The Morgan fingerprint density at radius 2 is 2.24 bits per heavy atom. The second-order valence-electron chi connectivity index (χ2n) is 5.83. The third kappa shape index (κ3) is 2.41. The van der Waals surface area contributed by atoms with Gasteiger partial charge in [0.25, 0.3) is 0 Å². The van der Waals surface area contributed by atoms with E-state index in [0.717, 1.165) is 12.8 Å². The molecule has 2 aliphatic heterocycles. The predicted molar refractivity (Wildman–Crippen MR) is 69.6 cm³/mol. The number of rotatable bonds is 2. The van der Waals surface area contributed by atoms with E-state index in [2.05, 4.69) is 17.0 Å². The van der Waals surface area contributed by atoms with E-state index in [1.807, 2.05) is 26.8 Å². The molecule has 17 heavy (non-hydrogen) atoms. The molecule has 1 saturated heterocycles. The Morgan fingerprint density at radius 3 is 2.71 bits per heavy atom. The average Bonchev–Trinajstić information content (AvgIpc) is 2.25. The molecule has 0 aromatic rings. The summed E-state index contributed by atoms with van der Waals surface area (Å²) in [6.45, 7) is 8.01. The van der Waals surface area contributed by atoms with Crippen LogP contribution in [-0.4, -0.2) is 26.8 Å². The lowest BCUT2D eigenvalue weighted by atomic mass is 9.83. The zero-order valence-electron chi connectivity index (χ0n) is 10.9. The maximum Gasteiger partial charge on any atom is 0.178 e. The molecule has 4 atom stereocenters. The second kappa shape index (κ2) is 4.37. The van der Waals surface area contributed by atoms with Gasteiger partial charge in [-0.15, -0.1) is 0 Å². The van der Waals surface area contributed by atoms with Crippen LogP contribution in [0.25, 0.3) is 0 Å². The molecule has 2 aliphatic rings. The zero-order valence-corrected chi connectivity index (χ0v) is 11.8. The van der Waals surface area contributed by atoms with E-state index >= 15 is 0 Å². The standard InChI is InChI=1S/C12H22N2O2S/c1-9-10(14-17(15)11(2,3)4)12(13-9)7-5-6-8-16-12/h6,8-10,13-14H,5,7H2,1-4H3/t9?,10-,12-,17?/m0/s1. The highest BCUT2D eigenvalue weighted by Gasteiger charge is 2.54. The summed E-state index contributed by atoms with van der Waals surface area (Å²) >= 11 is 0. The van der Waals surface area contributed by atoms with Crippen molar-refractivity contribution in [2.45, 2.75) is 63.1 Å². The van der Waals surface area contributed by atoms with E-state index < -0.39 is 11.0 Å². The van der Waals surface area contributed by atoms with Gasteiger partial charge < -0.3 is 4.74 Å². The molecule has 0 aromatic carbocycles. The molecule has 0 radical (unpaired) electrons. The number of ether oxygens (including phenoxy) is 1. The molecule has 0 aliphatic carbocycles. The molecule has 5 heteroatoms. The molecule has 0 saturated carbocycles. The van der Waals surface area contributed by atoms with Gasteiger partial charge in [0, 0.05) is 12.5 Å². The van der Waals surface area contributed by atoms with Gasteiger partial charge in [-0.1, -0.05) is 0 Å². The first-order valence-corrected chi connectivity index (χ1v) is 7.29. The third-order valence-corrected chi connectivity index (χ3v) is 4.90. The Morgan fingerprint density at radius 1 is 1.53 bits per heavy atom. The van der Waals surface area contributed by atoms with Gasteiger partial charge in [0.1, 0.15) is 0 Å². The van der Waals surface area contributed by atoms with Crippen LogP contribution in [0.2, 0.25) is 0 Å². The highest BCUT2D eigenvalue weighted by atomic mass is 32.2. The van der Waals surface area contributed by atoms with Gasteiger partial charge in [0.2, 0.25) is 0 Å². The predicted octanol–water partition coefficient (Wildman–Crippen LogP) is 1.42. The van der Waals surface area contributed by atoms with Crippen LogP contribution in [0.1, 0.15) is 40.5 Å². The lowest BCUT2D eigenvalue weighted by Gasteiger charge is -2.55. The molecular formula is C12H22N2O2S. The van der Waals surface area contributed by atoms with Gasteiger partial charge >= 0.3 is 0 Å². The molecule has 0 bridgehead atoms. The molecule has 2 unspecified atom stereocenters. The van der Waals surface area contributed by atoms with Crippen LogP contribution in [-0.2, 0) is 15.7 Å². The average molecular weight is 258 g/mol. The van der Waals surface area contributed by atoms with Crippen LogP contribution in [0.4, 0.5) is 0 Å². The molecule has 1 spiro atoms. The van der Waals surface area contributed by atoms with Crippen molar-refractivity contribution in [2.75, 3.05) is 0 Å². The van der Waals surface area contributed by atoms with Crippen LogP contribution in [0.5, 0.6) is 0 Å². The number of nitrogens with one attached hydrogen (secondary N) is 2. The highest BCUT2D eigenvalue weighted by molar-refractivity contribution is 7.84. The SMILES string of the molecule is CC1N[C@]2(CCC=CO2)[C@H]1NS(=O)C(C)(C)C. The molecule has 2 N–H and O–H groups in total. The molecular weight excluding hydrogens is 236 g/mol. The maximum atomic E-state index is 12.1. The van der Waals surface area contributed by atoms with Crippen LogP contribution in [0, 0.1) is 0 Å². The normalized spacial score (nSPS) is 38.6. The third-order valence-electron chi connectivity index (χ3n) is 3.32. The van der Waals surface area contributed by atoms with Crippen LogP contribution in [0.15, 0.2) is 12.3 Å². The van der Waals surface area contributed by atoms with Crippen molar-refractivity contribution in [3.63, 3.8) is 0 Å². The topological polar surface area (TPSA) is 50.4 Å². The van der Waals surface area contributed by atoms with Gasteiger partial charge in [0.15, 0.2) is 5.72 Å². The lowest BCUT2D eigenvalue weighted by Crippen LogP contribution is -2.80. The summed E-state index contributed by atoms with van der Waals surface area (Å²) in [5, 5.41) is 3.39. The Labute approximate surface area is 106 Å². The van der Waals surface area contributed by atoms with E-state index in [0.29, 0.717) is 0 Å². The minimum atomic E-state index is -1.06. The summed E-state index contributed by atoms with van der Waals surface area (Å²) in [5.41, 5.74) is -0.352.